The van der Waals surface area contributed by atoms with E-state index in [0.717, 1.165) is 4.68 Å². The van der Waals surface area contributed by atoms with E-state index in [2.05, 4.69) is 19.8 Å². The summed E-state index contributed by atoms with van der Waals surface area (Å²) in [6, 6.07) is 9.04. The number of amides is 1. The van der Waals surface area contributed by atoms with Crippen LogP contribution in [0.3, 0.4) is 0 Å². The number of oxazole rings is 1. The second-order valence-electron chi connectivity index (χ2n) is 5.59. The fraction of sp³-hybridized carbons (Fsp3) is 0.125. The van der Waals surface area contributed by atoms with Gasteiger partial charge in [0.25, 0.3) is 0 Å². The Morgan fingerprint density at radius 1 is 1.19 bits per heavy atom. The average molecular weight is 377 g/mol. The number of benzene rings is 1. The fourth-order valence-electron chi connectivity index (χ4n) is 2.57. The van der Waals surface area contributed by atoms with Gasteiger partial charge in [0.1, 0.15) is 12.1 Å². The number of para-hydroxylation sites is 1. The van der Waals surface area contributed by atoms with E-state index in [-0.39, 0.29) is 16.8 Å². The van der Waals surface area contributed by atoms with Crippen molar-refractivity contribution in [3.8, 4) is 0 Å². The van der Waals surface area contributed by atoms with Gasteiger partial charge in [-0.25, -0.2) is 14.5 Å². The van der Waals surface area contributed by atoms with Gasteiger partial charge in [-0.2, -0.15) is 13.2 Å². The van der Waals surface area contributed by atoms with Crippen molar-refractivity contribution in [3.05, 3.63) is 59.0 Å². The minimum Gasteiger partial charge on any atom is -0.433 e. The highest BCUT2D eigenvalue weighted by molar-refractivity contribution is 5.98. The average Bonchev–Trinajstić information content (AvgIpc) is 3.18. The van der Waals surface area contributed by atoms with E-state index in [1.807, 2.05) is 0 Å². The van der Waals surface area contributed by atoms with Crippen LogP contribution in [0.5, 0.6) is 0 Å². The minimum absolute atomic E-state index is 0.0357. The van der Waals surface area contributed by atoms with Gasteiger partial charge in [-0.3, -0.25) is 9.20 Å². The molecule has 0 aliphatic heterocycles. The lowest BCUT2D eigenvalue weighted by Gasteiger charge is -2.04. The molecule has 11 heteroatoms. The Morgan fingerprint density at radius 2 is 2.00 bits per heavy atom. The Morgan fingerprint density at radius 3 is 2.74 bits per heavy atom. The Hall–Kier alpha value is -3.63. The third kappa shape index (κ3) is 3.03. The van der Waals surface area contributed by atoms with Crippen molar-refractivity contribution in [1.29, 1.82) is 0 Å². The van der Waals surface area contributed by atoms with E-state index in [0.29, 0.717) is 5.65 Å². The van der Waals surface area contributed by atoms with E-state index in [4.69, 9.17) is 0 Å². The van der Waals surface area contributed by atoms with Gasteiger partial charge in [0, 0.05) is 6.20 Å². The zero-order valence-electron chi connectivity index (χ0n) is 13.4. The number of hydrogen-bond acceptors (Lipinski definition) is 5. The number of nitrogens with one attached hydrogen (secondary N) is 1. The van der Waals surface area contributed by atoms with Gasteiger partial charge >= 0.3 is 17.8 Å². The first-order valence-electron chi connectivity index (χ1n) is 7.64. The van der Waals surface area contributed by atoms with Gasteiger partial charge in [0.2, 0.25) is 5.91 Å². The molecule has 0 aliphatic carbocycles. The smallest absolute Gasteiger partial charge is 0.433 e. The molecular weight excluding hydrogens is 367 g/mol. The lowest BCUT2D eigenvalue weighted by molar-refractivity contribution is -0.156. The summed E-state index contributed by atoms with van der Waals surface area (Å²) in [6.45, 7) is -0.416. The van der Waals surface area contributed by atoms with Crippen molar-refractivity contribution >= 4 is 28.3 Å². The van der Waals surface area contributed by atoms with Crippen molar-refractivity contribution in [2.75, 3.05) is 5.32 Å². The third-order valence-electron chi connectivity index (χ3n) is 3.72. The summed E-state index contributed by atoms with van der Waals surface area (Å²) in [5.74, 6) is -2.06. The molecule has 3 heterocycles. The number of rotatable bonds is 3. The molecule has 0 aliphatic rings. The van der Waals surface area contributed by atoms with Crippen LogP contribution in [0.2, 0.25) is 0 Å². The summed E-state index contributed by atoms with van der Waals surface area (Å²) < 4.78 is 45.2. The highest BCUT2D eigenvalue weighted by Crippen LogP contribution is 2.33. The van der Waals surface area contributed by atoms with Crippen molar-refractivity contribution < 1.29 is 22.4 Å². The van der Waals surface area contributed by atoms with E-state index in [9.17, 15) is 22.8 Å². The molecule has 1 aromatic carbocycles. The minimum atomic E-state index is -4.75. The molecule has 0 unspecified atom stereocenters. The second-order valence-corrected chi connectivity index (χ2v) is 5.59. The van der Waals surface area contributed by atoms with Crippen LogP contribution in [0.4, 0.5) is 18.9 Å². The molecule has 4 aromatic rings. The molecule has 0 radical (unpaired) electrons. The fourth-order valence-corrected chi connectivity index (χ4v) is 2.57. The van der Waals surface area contributed by atoms with Gasteiger partial charge in [-0.05, 0) is 24.3 Å². The number of pyridine rings is 1. The van der Waals surface area contributed by atoms with Crippen molar-refractivity contribution in [3.63, 3.8) is 0 Å². The van der Waals surface area contributed by atoms with E-state index in [1.54, 1.807) is 18.2 Å². The van der Waals surface area contributed by atoms with Crippen molar-refractivity contribution in [2.24, 2.45) is 0 Å². The molecule has 0 saturated carbocycles. The van der Waals surface area contributed by atoms with E-state index in [1.165, 1.54) is 28.8 Å². The summed E-state index contributed by atoms with van der Waals surface area (Å²) in [4.78, 5) is 27.8. The van der Waals surface area contributed by atoms with Crippen LogP contribution < -0.4 is 11.0 Å². The number of anilines is 1. The largest absolute Gasteiger partial charge is 0.468 e. The number of carbonyl (C=O) groups excluding carboxylic acids is 1. The topological polar surface area (TPSA) is 94.4 Å². The number of aromatic nitrogens is 4. The molecule has 0 fully saturated rings. The van der Waals surface area contributed by atoms with Crippen molar-refractivity contribution in [1.82, 2.24) is 19.2 Å². The maximum Gasteiger partial charge on any atom is 0.468 e. The lowest BCUT2D eigenvalue weighted by Crippen LogP contribution is -2.28. The zero-order valence-corrected chi connectivity index (χ0v) is 13.4. The first kappa shape index (κ1) is 16.8. The van der Waals surface area contributed by atoms with E-state index < -0.39 is 30.2 Å². The van der Waals surface area contributed by atoms with Gasteiger partial charge in [-0.15, -0.1) is 5.10 Å². The predicted molar refractivity (Wildman–Crippen MR) is 87.1 cm³/mol. The standard InChI is InChI=1S/C16H10F3N5O3/c17-16(18,19)14-21-13-9(4-3-5-10(13)27-14)20-12(25)8-24-15(26)23-7-2-1-6-11(23)22-24/h1-7H,8H2,(H,20,25). The quantitative estimate of drug-likeness (QED) is 0.591. The molecule has 0 saturated heterocycles. The molecule has 0 spiro atoms. The lowest BCUT2D eigenvalue weighted by atomic mass is 10.2. The van der Waals surface area contributed by atoms with Crippen LogP contribution in [0.25, 0.3) is 16.7 Å². The number of fused-ring (bicyclic) bond motifs is 2. The molecule has 1 amide bonds. The summed E-state index contributed by atoms with van der Waals surface area (Å²) in [5, 5.41) is 6.45. The van der Waals surface area contributed by atoms with Crippen LogP contribution in [0.15, 0.2) is 51.8 Å². The van der Waals surface area contributed by atoms with Gasteiger partial charge in [0.15, 0.2) is 11.2 Å². The maximum atomic E-state index is 12.8. The maximum absolute atomic E-state index is 12.8. The number of nitrogens with zero attached hydrogens (tertiary/aromatic N) is 4. The molecule has 4 rings (SSSR count). The highest BCUT2D eigenvalue weighted by atomic mass is 19.4. The Labute approximate surface area is 147 Å². The van der Waals surface area contributed by atoms with Gasteiger partial charge in [-0.1, -0.05) is 12.1 Å². The Kier molecular flexibility index (Phi) is 3.72. The molecule has 27 heavy (non-hydrogen) atoms. The van der Waals surface area contributed by atoms with Crippen LogP contribution in [-0.2, 0) is 17.5 Å². The number of halogens is 3. The van der Waals surface area contributed by atoms with Gasteiger partial charge < -0.3 is 9.73 Å². The van der Waals surface area contributed by atoms with Crippen LogP contribution in [0.1, 0.15) is 5.89 Å². The Bertz CT molecular complexity index is 1220. The molecule has 3 aromatic heterocycles. The number of hydrogen-bond donors (Lipinski definition) is 1. The monoisotopic (exact) mass is 377 g/mol. The number of carbonyl (C=O) groups is 1. The summed E-state index contributed by atoms with van der Waals surface area (Å²) in [5.41, 5.74) is -0.373. The first-order valence-corrected chi connectivity index (χ1v) is 7.64. The summed E-state index contributed by atoms with van der Waals surface area (Å²) >= 11 is 0. The molecule has 0 atom stereocenters. The molecule has 1 N–H and O–H groups in total. The molecule has 8 nitrogen and oxygen atoms in total. The summed E-state index contributed by atoms with van der Waals surface area (Å²) in [7, 11) is 0. The van der Waals surface area contributed by atoms with Crippen LogP contribution >= 0.6 is 0 Å². The third-order valence-corrected chi connectivity index (χ3v) is 3.72. The van der Waals surface area contributed by atoms with Crippen LogP contribution in [0, 0.1) is 0 Å². The molecule has 0 bridgehead atoms. The van der Waals surface area contributed by atoms with E-state index >= 15 is 0 Å². The summed E-state index contributed by atoms with van der Waals surface area (Å²) in [6.07, 6.45) is -3.24. The highest BCUT2D eigenvalue weighted by Gasteiger charge is 2.37. The SMILES string of the molecule is O=C(Cn1nc2ccccn2c1=O)Nc1cccc2oc(C(F)(F)F)nc12. The predicted octanol–water partition coefficient (Wildman–Crippen LogP) is 2.29. The van der Waals surface area contributed by atoms with Gasteiger partial charge in [0.05, 0.1) is 5.69 Å². The second kappa shape index (κ2) is 5.97. The van der Waals surface area contributed by atoms with Crippen LogP contribution in [-0.4, -0.2) is 25.1 Å². The zero-order chi connectivity index (χ0) is 19.2. The Balaban J connectivity index is 1.62. The normalized spacial score (nSPS) is 12.0. The van der Waals surface area contributed by atoms with Crippen molar-refractivity contribution in [2.45, 2.75) is 12.7 Å². The first-order chi connectivity index (χ1) is 12.8. The molecule has 138 valence electrons. The molecular formula is C16H10F3N5O3. The number of alkyl halides is 3.